The molecule has 4 N–H and O–H groups in total. The second-order valence-corrected chi connectivity index (χ2v) is 2.21. The van der Waals surface area contributed by atoms with Crippen LogP contribution in [0.15, 0.2) is 11.3 Å². The molecule has 0 aromatic carbocycles. The summed E-state index contributed by atoms with van der Waals surface area (Å²) >= 11 is 0. The van der Waals surface area contributed by atoms with Gasteiger partial charge in [-0.2, -0.15) is 0 Å². The molecular weight excluding hydrogens is 158 g/mol. The average Bonchev–Trinajstić information content (AvgIpc) is 2.03. The molecule has 0 unspecified atom stereocenters. The number of rotatable bonds is 4. The number of hydrogen-bond donors (Lipinski definition) is 3. The maximum Gasteiger partial charge on any atom is 0.232 e. The fourth-order valence-corrected chi connectivity index (χ4v) is 0.522. The Kier molecular flexibility index (Phi) is 4.36. The summed E-state index contributed by atoms with van der Waals surface area (Å²) in [5.41, 5.74) is 6.23. The minimum absolute atomic E-state index is 0.0556. The van der Waals surface area contributed by atoms with Crippen LogP contribution in [0.1, 0.15) is 13.3 Å². The number of imide groups is 1. The Labute approximate surface area is 70.1 Å². The van der Waals surface area contributed by atoms with Gasteiger partial charge in [0.05, 0.1) is 6.42 Å². The molecule has 0 aromatic heterocycles. The molecule has 0 aliphatic rings. The summed E-state index contributed by atoms with van der Waals surface area (Å²) in [5, 5.41) is 8.77. The van der Waals surface area contributed by atoms with Crippen molar-refractivity contribution in [3.8, 4) is 0 Å². The number of carbonyl (C=O) groups is 2. The van der Waals surface area contributed by atoms with Crippen LogP contribution >= 0.6 is 0 Å². The second kappa shape index (κ2) is 5.06. The van der Waals surface area contributed by atoms with Crippen LogP contribution in [0.2, 0.25) is 0 Å². The van der Waals surface area contributed by atoms with Gasteiger partial charge in [-0.3, -0.25) is 14.9 Å². The first-order chi connectivity index (χ1) is 5.61. The zero-order chi connectivity index (χ0) is 9.56. The molecule has 0 aliphatic carbocycles. The van der Waals surface area contributed by atoms with Gasteiger partial charge in [-0.05, 0) is 12.5 Å². The highest BCUT2D eigenvalue weighted by atomic mass is 16.2. The third kappa shape index (κ3) is 3.50. The Morgan fingerprint density at radius 1 is 1.67 bits per heavy atom. The van der Waals surface area contributed by atoms with Gasteiger partial charge in [0.25, 0.3) is 0 Å². The number of allylic oxidation sites excluding steroid dienone is 1. The number of amides is 2. The van der Waals surface area contributed by atoms with Gasteiger partial charge in [0.1, 0.15) is 0 Å². The lowest BCUT2D eigenvalue weighted by atomic mass is 10.2. The number of hydrogen-bond acceptors (Lipinski definition) is 4. The minimum Gasteiger partial charge on any atom is -0.401 e. The monoisotopic (exact) mass is 169 g/mol. The highest BCUT2D eigenvalue weighted by molar-refractivity contribution is 5.88. The first-order valence-electron chi connectivity index (χ1n) is 3.30. The first-order valence-corrected chi connectivity index (χ1v) is 3.30. The smallest absolute Gasteiger partial charge is 0.232 e. The van der Waals surface area contributed by atoms with Gasteiger partial charge in [0.15, 0.2) is 0 Å². The van der Waals surface area contributed by atoms with Gasteiger partial charge in [-0.15, -0.1) is 0 Å². The molecule has 0 bridgehead atoms. The summed E-state index contributed by atoms with van der Waals surface area (Å²) in [6.07, 6.45) is 1.30. The van der Waals surface area contributed by atoms with Crippen molar-refractivity contribution in [2.24, 2.45) is 5.73 Å². The van der Waals surface area contributed by atoms with Gasteiger partial charge >= 0.3 is 0 Å². The lowest BCUT2D eigenvalue weighted by molar-refractivity contribution is -0.124. The maximum atomic E-state index is 10.7. The average molecular weight is 169 g/mol. The van der Waals surface area contributed by atoms with E-state index >= 15 is 0 Å². The van der Waals surface area contributed by atoms with Gasteiger partial charge in [0.2, 0.25) is 12.3 Å². The van der Waals surface area contributed by atoms with Crippen LogP contribution in [0.3, 0.4) is 0 Å². The Hall–Kier alpha value is -1.65. The Morgan fingerprint density at radius 3 is 2.67 bits per heavy atom. The highest BCUT2D eigenvalue weighted by Gasteiger charge is 2.02. The van der Waals surface area contributed by atoms with Crippen LogP contribution < -0.4 is 11.1 Å². The van der Waals surface area contributed by atoms with E-state index in [9.17, 15) is 9.59 Å². The molecule has 0 heterocycles. The molecule has 66 valence electrons. The van der Waals surface area contributed by atoms with Gasteiger partial charge < -0.3 is 11.1 Å². The van der Waals surface area contributed by atoms with E-state index in [1.165, 1.54) is 0 Å². The first kappa shape index (κ1) is 10.3. The molecule has 5 heteroatoms. The third-order valence-corrected chi connectivity index (χ3v) is 1.29. The normalized spacial score (nSPS) is 11.4. The molecule has 5 nitrogen and oxygen atoms in total. The fraction of sp³-hybridized carbons (Fsp3) is 0.286. The molecule has 0 saturated heterocycles. The summed E-state index contributed by atoms with van der Waals surface area (Å²) in [4.78, 5) is 20.5. The molecule has 12 heavy (non-hydrogen) atoms. The van der Waals surface area contributed by atoms with E-state index in [2.05, 4.69) is 0 Å². The van der Waals surface area contributed by atoms with E-state index in [4.69, 9.17) is 11.1 Å². The molecule has 0 atom stereocenters. The van der Waals surface area contributed by atoms with Crippen molar-refractivity contribution in [2.45, 2.75) is 13.3 Å². The summed E-state index contributed by atoms with van der Waals surface area (Å²) in [6.45, 7) is 1.62. The Morgan fingerprint density at radius 2 is 2.25 bits per heavy atom. The Balaban J connectivity index is 4.16. The zero-order valence-electron chi connectivity index (χ0n) is 6.76. The largest absolute Gasteiger partial charge is 0.401 e. The van der Waals surface area contributed by atoms with Crippen molar-refractivity contribution in [1.82, 2.24) is 5.32 Å². The predicted molar refractivity (Wildman–Crippen MR) is 44.5 cm³/mol. The van der Waals surface area contributed by atoms with Crippen LogP contribution in [0, 0.1) is 5.41 Å². The molecule has 0 aliphatic heterocycles. The molecule has 0 fully saturated rings. The van der Waals surface area contributed by atoms with Gasteiger partial charge in [0, 0.05) is 11.9 Å². The topological polar surface area (TPSA) is 96.0 Å². The van der Waals surface area contributed by atoms with E-state index in [0.717, 1.165) is 6.21 Å². The summed E-state index contributed by atoms with van der Waals surface area (Å²) < 4.78 is 0. The van der Waals surface area contributed by atoms with E-state index in [-0.39, 0.29) is 6.42 Å². The third-order valence-electron chi connectivity index (χ3n) is 1.29. The van der Waals surface area contributed by atoms with Gasteiger partial charge in [-0.1, -0.05) is 0 Å². The van der Waals surface area contributed by atoms with Crippen LogP contribution in [0.25, 0.3) is 0 Å². The molecule has 0 spiro atoms. The Bertz CT molecular complexity index is 233. The summed E-state index contributed by atoms with van der Waals surface area (Å²) in [6, 6.07) is 0. The molecule has 0 rings (SSSR count). The second-order valence-electron chi connectivity index (χ2n) is 2.21. The summed E-state index contributed by atoms with van der Waals surface area (Å²) in [5.74, 6) is -0.469. The van der Waals surface area contributed by atoms with Crippen molar-refractivity contribution in [1.29, 1.82) is 5.41 Å². The summed E-state index contributed by atoms with van der Waals surface area (Å²) in [7, 11) is 0. The lowest BCUT2D eigenvalue weighted by Crippen LogP contribution is -2.23. The number of nitrogens with one attached hydrogen (secondary N) is 2. The van der Waals surface area contributed by atoms with E-state index in [0.29, 0.717) is 17.7 Å². The quantitative estimate of drug-likeness (QED) is 0.392. The van der Waals surface area contributed by atoms with Crippen molar-refractivity contribution in [3.63, 3.8) is 0 Å². The minimum atomic E-state index is -0.469. The van der Waals surface area contributed by atoms with Crippen molar-refractivity contribution in [3.05, 3.63) is 11.3 Å². The van der Waals surface area contributed by atoms with Crippen LogP contribution in [0.4, 0.5) is 0 Å². The zero-order valence-corrected chi connectivity index (χ0v) is 6.76. The molecule has 2 amide bonds. The molecule has 0 aromatic rings. The van der Waals surface area contributed by atoms with E-state index in [1.807, 2.05) is 5.32 Å². The van der Waals surface area contributed by atoms with E-state index < -0.39 is 5.91 Å². The molecular formula is C7H11N3O2. The number of nitrogens with two attached hydrogens (primary N) is 1. The van der Waals surface area contributed by atoms with Crippen molar-refractivity contribution < 1.29 is 9.59 Å². The van der Waals surface area contributed by atoms with Crippen molar-refractivity contribution in [2.75, 3.05) is 0 Å². The molecule has 0 radical (unpaired) electrons. The van der Waals surface area contributed by atoms with Gasteiger partial charge in [-0.25, -0.2) is 0 Å². The lowest BCUT2D eigenvalue weighted by Gasteiger charge is -2.00. The predicted octanol–water partition coefficient (Wildman–Crippen LogP) is -0.469. The van der Waals surface area contributed by atoms with Crippen LogP contribution in [-0.4, -0.2) is 18.5 Å². The number of carbonyl (C=O) groups excluding carboxylic acids is 2. The standard InChI is InChI=1S/C7H11N3O2/c1-5(3-8)6(9)2-7(12)10-4-11/h3-4,8H,2,9H2,1H3,(H,10,11,12)/b6-5-,8-3?. The SMILES string of the molecule is C/C(C=N)=C(/N)CC(=O)NC=O. The van der Waals surface area contributed by atoms with Crippen LogP contribution in [0.5, 0.6) is 0 Å². The maximum absolute atomic E-state index is 10.7. The fourth-order valence-electron chi connectivity index (χ4n) is 0.522. The van der Waals surface area contributed by atoms with E-state index in [1.54, 1.807) is 6.92 Å². The van der Waals surface area contributed by atoms with Crippen LogP contribution in [-0.2, 0) is 9.59 Å². The molecule has 0 saturated carbocycles. The highest BCUT2D eigenvalue weighted by Crippen LogP contribution is 1.98. The van der Waals surface area contributed by atoms with Crippen molar-refractivity contribution >= 4 is 18.5 Å².